The predicted molar refractivity (Wildman–Crippen MR) is 69.6 cm³/mol. The van der Waals surface area contributed by atoms with Crippen molar-refractivity contribution in [1.29, 1.82) is 0 Å². The van der Waals surface area contributed by atoms with Crippen LogP contribution in [0.4, 0.5) is 8.78 Å². The monoisotopic (exact) mass is 252 g/mol. The molecule has 0 aliphatic heterocycles. The molecule has 1 heterocycles. The summed E-state index contributed by atoms with van der Waals surface area (Å²) in [5, 5.41) is 0.338. The van der Waals surface area contributed by atoms with Gasteiger partial charge in [-0.05, 0) is 46.1 Å². The minimum atomic E-state index is -0.799. The van der Waals surface area contributed by atoms with Crippen molar-refractivity contribution in [3.05, 3.63) is 36.0 Å². The third kappa shape index (κ3) is 2.12. The largest absolute Gasteiger partial charge is 0.346 e. The first-order valence-corrected chi connectivity index (χ1v) is 5.93. The predicted octanol–water partition coefficient (Wildman–Crippen LogP) is 3.26. The maximum Gasteiger partial charge on any atom is 0.168 e. The maximum absolute atomic E-state index is 13.6. The van der Waals surface area contributed by atoms with E-state index in [1.807, 2.05) is 18.7 Å². The van der Waals surface area contributed by atoms with Gasteiger partial charge in [0.2, 0.25) is 0 Å². The highest BCUT2D eigenvalue weighted by molar-refractivity contribution is 5.80. The van der Waals surface area contributed by atoms with Crippen molar-refractivity contribution < 1.29 is 8.78 Å². The van der Waals surface area contributed by atoms with E-state index in [1.165, 1.54) is 6.07 Å². The van der Waals surface area contributed by atoms with Crippen LogP contribution in [0.5, 0.6) is 0 Å². The summed E-state index contributed by atoms with van der Waals surface area (Å²) in [6.45, 7) is 4.94. The molecule has 0 aliphatic carbocycles. The van der Waals surface area contributed by atoms with Crippen LogP contribution in [0, 0.1) is 11.6 Å². The smallest absolute Gasteiger partial charge is 0.168 e. The zero-order valence-corrected chi connectivity index (χ0v) is 11.2. The molecule has 0 radical (unpaired) electrons. The molecule has 2 nitrogen and oxygen atoms in total. The van der Waals surface area contributed by atoms with E-state index in [4.69, 9.17) is 0 Å². The van der Waals surface area contributed by atoms with Gasteiger partial charge in [0.15, 0.2) is 11.6 Å². The van der Waals surface area contributed by atoms with Gasteiger partial charge in [-0.15, -0.1) is 0 Å². The molecule has 2 aromatic rings. The van der Waals surface area contributed by atoms with E-state index in [9.17, 15) is 8.78 Å². The lowest BCUT2D eigenvalue weighted by atomic mass is 10.0. The molecule has 18 heavy (non-hydrogen) atoms. The third-order valence-corrected chi connectivity index (χ3v) is 3.61. The van der Waals surface area contributed by atoms with Crippen molar-refractivity contribution >= 4 is 10.9 Å². The molecule has 1 aromatic heterocycles. The van der Waals surface area contributed by atoms with Crippen LogP contribution in [-0.2, 0) is 6.54 Å². The Bertz CT molecular complexity index is 570. The van der Waals surface area contributed by atoms with Crippen LogP contribution >= 0.6 is 0 Å². The fraction of sp³-hybridized carbons (Fsp3) is 0.429. The van der Waals surface area contributed by atoms with Gasteiger partial charge in [0, 0.05) is 23.7 Å². The highest BCUT2D eigenvalue weighted by Crippen LogP contribution is 2.24. The number of hydrogen-bond acceptors (Lipinski definition) is 1. The molecule has 0 amide bonds. The molecular formula is C14H18F2N2. The average Bonchev–Trinajstić information content (AvgIpc) is 2.67. The van der Waals surface area contributed by atoms with Crippen LogP contribution in [0.3, 0.4) is 0 Å². The van der Waals surface area contributed by atoms with Gasteiger partial charge in [-0.1, -0.05) is 0 Å². The molecule has 2 rings (SSSR count). The number of nitrogens with zero attached hydrogens (tertiary/aromatic N) is 2. The molecule has 0 saturated carbocycles. The molecule has 0 atom stereocenters. The van der Waals surface area contributed by atoms with E-state index in [2.05, 4.69) is 18.7 Å². The quantitative estimate of drug-likeness (QED) is 0.814. The molecule has 0 bridgehead atoms. The average molecular weight is 252 g/mol. The highest BCUT2D eigenvalue weighted by Gasteiger charge is 2.22. The molecule has 0 N–H and O–H groups in total. The van der Waals surface area contributed by atoms with Crippen molar-refractivity contribution in [3.63, 3.8) is 0 Å². The fourth-order valence-corrected chi connectivity index (χ4v) is 1.91. The van der Waals surface area contributed by atoms with Crippen molar-refractivity contribution in [2.24, 2.45) is 0 Å². The summed E-state index contributed by atoms with van der Waals surface area (Å²) in [7, 11) is 4.01. The van der Waals surface area contributed by atoms with Gasteiger partial charge in [-0.3, -0.25) is 0 Å². The second-order valence-electron chi connectivity index (χ2n) is 5.44. The number of rotatable bonds is 3. The van der Waals surface area contributed by atoms with Gasteiger partial charge in [-0.25, -0.2) is 8.78 Å². The first-order valence-electron chi connectivity index (χ1n) is 5.93. The number of likely N-dealkylation sites (N-methyl/N-ethyl adjacent to an activating group) is 1. The molecule has 0 fully saturated rings. The van der Waals surface area contributed by atoms with Crippen molar-refractivity contribution in [2.45, 2.75) is 25.9 Å². The SMILES string of the molecule is CN(C)C(C)(C)Cn1ccc2c(F)c(F)ccc21. The molecule has 0 aliphatic rings. The number of hydrogen-bond donors (Lipinski definition) is 0. The van der Waals surface area contributed by atoms with Crippen LogP contribution < -0.4 is 0 Å². The summed E-state index contributed by atoms with van der Waals surface area (Å²) in [4.78, 5) is 2.11. The van der Waals surface area contributed by atoms with Crippen LogP contribution in [-0.4, -0.2) is 29.1 Å². The van der Waals surface area contributed by atoms with E-state index in [-0.39, 0.29) is 5.54 Å². The van der Waals surface area contributed by atoms with Crippen LogP contribution in [0.1, 0.15) is 13.8 Å². The second-order valence-corrected chi connectivity index (χ2v) is 5.44. The summed E-state index contributed by atoms with van der Waals surface area (Å²) >= 11 is 0. The highest BCUT2D eigenvalue weighted by atomic mass is 19.2. The topological polar surface area (TPSA) is 8.17 Å². The Labute approximate surface area is 106 Å². The van der Waals surface area contributed by atoms with E-state index in [0.717, 1.165) is 5.52 Å². The van der Waals surface area contributed by atoms with E-state index in [0.29, 0.717) is 11.9 Å². The molecule has 0 saturated heterocycles. The Kier molecular flexibility index (Phi) is 3.15. The molecule has 1 aromatic carbocycles. The Balaban J connectivity index is 2.45. The van der Waals surface area contributed by atoms with Crippen LogP contribution in [0.15, 0.2) is 24.4 Å². The lowest BCUT2D eigenvalue weighted by molar-refractivity contribution is 0.171. The summed E-state index contributed by atoms with van der Waals surface area (Å²) in [6.07, 6.45) is 1.80. The molecule has 98 valence electrons. The molecule has 0 unspecified atom stereocenters. The Morgan fingerprint density at radius 1 is 1.17 bits per heavy atom. The number of halogens is 2. The summed E-state index contributed by atoms with van der Waals surface area (Å²) < 4.78 is 28.7. The van der Waals surface area contributed by atoms with Crippen molar-refractivity contribution in [1.82, 2.24) is 9.47 Å². The summed E-state index contributed by atoms with van der Waals surface area (Å²) in [5.41, 5.74) is 0.667. The van der Waals surface area contributed by atoms with Gasteiger partial charge < -0.3 is 9.47 Å². The first kappa shape index (κ1) is 13.0. The van der Waals surface area contributed by atoms with Crippen molar-refractivity contribution in [3.8, 4) is 0 Å². The summed E-state index contributed by atoms with van der Waals surface area (Å²) in [6, 6.07) is 4.43. The zero-order valence-electron chi connectivity index (χ0n) is 11.2. The number of fused-ring (bicyclic) bond motifs is 1. The third-order valence-electron chi connectivity index (χ3n) is 3.61. The normalized spacial score (nSPS) is 12.6. The van der Waals surface area contributed by atoms with Crippen LogP contribution in [0.2, 0.25) is 0 Å². The maximum atomic E-state index is 13.6. The second kappa shape index (κ2) is 4.35. The van der Waals surface area contributed by atoms with Gasteiger partial charge in [-0.2, -0.15) is 0 Å². The van der Waals surface area contributed by atoms with Gasteiger partial charge in [0.1, 0.15) is 0 Å². The lowest BCUT2D eigenvalue weighted by Gasteiger charge is -2.33. The van der Waals surface area contributed by atoms with E-state index < -0.39 is 11.6 Å². The van der Waals surface area contributed by atoms with Crippen LogP contribution in [0.25, 0.3) is 10.9 Å². The Morgan fingerprint density at radius 2 is 1.83 bits per heavy atom. The van der Waals surface area contributed by atoms with E-state index >= 15 is 0 Å². The van der Waals surface area contributed by atoms with Crippen molar-refractivity contribution in [2.75, 3.05) is 14.1 Å². The number of aromatic nitrogens is 1. The molecular weight excluding hydrogens is 234 g/mol. The van der Waals surface area contributed by atoms with Gasteiger partial charge >= 0.3 is 0 Å². The Hall–Kier alpha value is -1.42. The Morgan fingerprint density at radius 3 is 2.44 bits per heavy atom. The fourth-order valence-electron chi connectivity index (χ4n) is 1.91. The standard InChI is InChI=1S/C14H18F2N2/c1-14(2,17(3)4)9-18-8-7-10-12(18)6-5-11(15)13(10)16/h5-8H,9H2,1-4H3. The lowest BCUT2D eigenvalue weighted by Crippen LogP contribution is -2.41. The minimum absolute atomic E-state index is 0.0587. The minimum Gasteiger partial charge on any atom is -0.346 e. The molecule has 4 heteroatoms. The molecule has 0 spiro atoms. The zero-order chi connectivity index (χ0) is 13.5. The first-order chi connectivity index (χ1) is 8.33. The summed E-state index contributed by atoms with van der Waals surface area (Å²) in [5.74, 6) is -1.57. The number of benzene rings is 1. The van der Waals surface area contributed by atoms with E-state index in [1.54, 1.807) is 18.3 Å². The van der Waals surface area contributed by atoms with Gasteiger partial charge in [0.05, 0.1) is 5.52 Å². The van der Waals surface area contributed by atoms with Gasteiger partial charge in [0.25, 0.3) is 0 Å².